The van der Waals surface area contributed by atoms with E-state index in [2.05, 4.69) is 30.3 Å². The summed E-state index contributed by atoms with van der Waals surface area (Å²) in [5.41, 5.74) is 0.820. The third-order valence-electron chi connectivity index (χ3n) is 4.12. The van der Waals surface area contributed by atoms with Crippen LogP contribution < -0.4 is 10.6 Å². The van der Waals surface area contributed by atoms with Crippen molar-refractivity contribution in [1.82, 2.24) is 10.6 Å². The van der Waals surface area contributed by atoms with Crippen molar-refractivity contribution < 1.29 is 19.4 Å². The average molecular weight is 409 g/mol. The summed E-state index contributed by atoms with van der Waals surface area (Å²) in [5, 5.41) is 15.6. The fourth-order valence-electron chi connectivity index (χ4n) is 2.99. The summed E-state index contributed by atoms with van der Waals surface area (Å²) >= 11 is 0. The van der Waals surface area contributed by atoms with Crippen LogP contribution in [0.5, 0.6) is 0 Å². The van der Waals surface area contributed by atoms with Crippen LogP contribution in [-0.4, -0.2) is 43.9 Å². The number of hydrogen-bond acceptors (Lipinski definition) is 4. The minimum absolute atomic E-state index is 0.105. The molecule has 0 bridgehead atoms. The molecule has 1 aromatic rings. The number of benzene rings is 1. The van der Waals surface area contributed by atoms with Crippen molar-refractivity contribution in [3.8, 4) is 0 Å². The molecular weight excluding hydrogens is 372 g/mol. The van der Waals surface area contributed by atoms with E-state index in [1.165, 1.54) is 0 Å². The van der Waals surface area contributed by atoms with Crippen molar-refractivity contribution in [2.75, 3.05) is 6.54 Å². The van der Waals surface area contributed by atoms with Gasteiger partial charge in [-0.25, -0.2) is 4.79 Å². The van der Waals surface area contributed by atoms with E-state index in [9.17, 15) is 14.7 Å². The van der Waals surface area contributed by atoms with Crippen LogP contribution in [-0.2, 0) is 16.1 Å². The molecule has 1 rings (SSSR count). The molecule has 2 atom stereocenters. The highest BCUT2D eigenvalue weighted by atomic mass is 28.3. The Labute approximate surface area is 170 Å². The molecule has 0 unspecified atom stereocenters. The molecule has 6 nitrogen and oxygen atoms in total. The monoisotopic (exact) mass is 408 g/mol. The summed E-state index contributed by atoms with van der Waals surface area (Å²) < 4.78 is 5.33. The molecule has 0 aromatic heterocycles. The van der Waals surface area contributed by atoms with Crippen molar-refractivity contribution >= 4 is 20.1 Å². The molecule has 0 heterocycles. The predicted molar refractivity (Wildman–Crippen MR) is 115 cm³/mol. The highest BCUT2D eigenvalue weighted by molar-refractivity contribution is 6.76. The van der Waals surface area contributed by atoms with Crippen LogP contribution in [0, 0.1) is 5.41 Å². The smallest absolute Gasteiger partial charge is 0.407 e. The third kappa shape index (κ3) is 11.1. The molecule has 0 spiro atoms. The van der Waals surface area contributed by atoms with Crippen LogP contribution in [0.4, 0.5) is 4.79 Å². The highest BCUT2D eigenvalue weighted by Crippen LogP contribution is 2.21. The normalized spacial score (nSPS) is 14.2. The van der Waals surface area contributed by atoms with Crippen molar-refractivity contribution in [3.05, 3.63) is 35.9 Å². The molecule has 0 aliphatic carbocycles. The van der Waals surface area contributed by atoms with Gasteiger partial charge in [0, 0.05) is 20.7 Å². The number of carboxylic acids is 1. The van der Waals surface area contributed by atoms with E-state index in [-0.39, 0.29) is 18.1 Å². The topological polar surface area (TPSA) is 87.7 Å². The third-order valence-corrected chi connectivity index (χ3v) is 5.84. The maximum atomic E-state index is 12.3. The largest absolute Gasteiger partial charge is 0.480 e. The molecule has 0 aliphatic heterocycles. The molecule has 0 fully saturated rings. The van der Waals surface area contributed by atoms with Crippen LogP contribution in [0.2, 0.25) is 25.7 Å². The van der Waals surface area contributed by atoms with Gasteiger partial charge in [-0.2, -0.15) is 0 Å². The van der Waals surface area contributed by atoms with Gasteiger partial charge < -0.3 is 20.5 Å². The molecule has 1 aromatic carbocycles. The minimum atomic E-state index is -1.48. The first-order chi connectivity index (χ1) is 12.9. The van der Waals surface area contributed by atoms with Gasteiger partial charge in [0.15, 0.2) is 0 Å². The first-order valence-corrected chi connectivity index (χ1v) is 13.5. The summed E-state index contributed by atoms with van der Waals surface area (Å²) in [4.78, 5) is 23.8. The van der Waals surface area contributed by atoms with Gasteiger partial charge in [-0.05, 0) is 23.4 Å². The maximum absolute atomic E-state index is 12.3. The zero-order valence-electron chi connectivity index (χ0n) is 18.0. The number of aliphatic carboxylic acids is 1. The lowest BCUT2D eigenvalue weighted by molar-refractivity contribution is -0.140. The number of hydrogen-bond donors (Lipinski definition) is 3. The molecule has 158 valence electrons. The number of ether oxygens (including phenoxy) is 1. The Kier molecular flexibility index (Phi) is 9.17. The second kappa shape index (κ2) is 10.6. The van der Waals surface area contributed by atoms with Gasteiger partial charge in [0.2, 0.25) is 0 Å². The van der Waals surface area contributed by atoms with E-state index in [0.29, 0.717) is 13.0 Å². The highest BCUT2D eigenvalue weighted by Gasteiger charge is 2.27. The van der Waals surface area contributed by atoms with E-state index in [1.54, 1.807) is 0 Å². The number of carbonyl (C=O) groups excluding carboxylic acids is 1. The summed E-state index contributed by atoms with van der Waals surface area (Å²) in [6.45, 7) is 13.3. The summed E-state index contributed by atoms with van der Waals surface area (Å²) in [7, 11) is -1.48. The molecule has 0 radical (unpaired) electrons. The van der Waals surface area contributed by atoms with Gasteiger partial charge in [0.05, 0.1) is 0 Å². The second-order valence-corrected chi connectivity index (χ2v) is 15.3. The number of amides is 1. The van der Waals surface area contributed by atoms with E-state index in [4.69, 9.17) is 4.74 Å². The van der Waals surface area contributed by atoms with Crippen molar-refractivity contribution in [2.45, 2.75) is 71.6 Å². The van der Waals surface area contributed by atoms with Crippen molar-refractivity contribution in [3.63, 3.8) is 0 Å². The number of rotatable bonds is 10. The van der Waals surface area contributed by atoms with Gasteiger partial charge in [0.25, 0.3) is 0 Å². The Morgan fingerprint density at radius 3 is 2.25 bits per heavy atom. The zero-order chi connectivity index (χ0) is 21.4. The van der Waals surface area contributed by atoms with E-state index in [0.717, 1.165) is 11.6 Å². The number of alkyl carbamates (subject to hydrolysis) is 1. The average Bonchev–Trinajstić information content (AvgIpc) is 2.55. The fraction of sp³-hybridized carbons (Fsp3) is 0.619. The number of carbonyl (C=O) groups is 2. The quantitative estimate of drug-likeness (QED) is 0.507. The Hall–Kier alpha value is -1.86. The Morgan fingerprint density at radius 2 is 1.75 bits per heavy atom. The van der Waals surface area contributed by atoms with Gasteiger partial charge in [-0.1, -0.05) is 70.7 Å². The summed E-state index contributed by atoms with van der Waals surface area (Å²) in [6.07, 6.45) is 0.0390. The van der Waals surface area contributed by atoms with Crippen LogP contribution >= 0.6 is 0 Å². The molecule has 1 amide bonds. The number of nitrogens with one attached hydrogen (secondary N) is 2. The lowest BCUT2D eigenvalue weighted by Crippen LogP contribution is -2.50. The zero-order valence-corrected chi connectivity index (χ0v) is 19.0. The van der Waals surface area contributed by atoms with E-state index >= 15 is 0 Å². The molecule has 0 aliphatic rings. The molecular formula is C21H36N2O4Si. The SMILES string of the molecule is CC(C)(C)C[C@H](NC[C@H](C[Si](C)(C)C)NC(=O)OCc1ccccc1)C(=O)O. The van der Waals surface area contributed by atoms with Crippen LogP contribution in [0.3, 0.4) is 0 Å². The van der Waals surface area contributed by atoms with Gasteiger partial charge in [0.1, 0.15) is 12.6 Å². The predicted octanol–water partition coefficient (Wildman–Crippen LogP) is 4.10. The summed E-state index contributed by atoms with van der Waals surface area (Å²) in [6, 6.07) is 9.53. The van der Waals surface area contributed by atoms with Crippen LogP contribution in [0.25, 0.3) is 0 Å². The first kappa shape index (κ1) is 24.2. The Balaban J connectivity index is 2.66. The number of carboxylic acid groups (broad SMARTS) is 1. The molecule has 0 saturated carbocycles. The Bertz CT molecular complexity index is 624. The van der Waals surface area contributed by atoms with E-state index in [1.807, 2.05) is 51.1 Å². The molecule has 28 heavy (non-hydrogen) atoms. The van der Waals surface area contributed by atoms with Gasteiger partial charge in [-0.3, -0.25) is 4.79 Å². The van der Waals surface area contributed by atoms with Crippen LogP contribution in [0.15, 0.2) is 30.3 Å². The van der Waals surface area contributed by atoms with Crippen molar-refractivity contribution in [1.29, 1.82) is 0 Å². The van der Waals surface area contributed by atoms with Gasteiger partial charge in [-0.15, -0.1) is 0 Å². The lowest BCUT2D eigenvalue weighted by atomic mass is 9.88. The molecule has 3 N–H and O–H groups in total. The summed E-state index contributed by atoms with van der Waals surface area (Å²) in [5.74, 6) is -0.867. The van der Waals surface area contributed by atoms with Crippen LogP contribution in [0.1, 0.15) is 32.8 Å². The molecule has 0 saturated heterocycles. The minimum Gasteiger partial charge on any atom is -0.480 e. The van der Waals surface area contributed by atoms with Crippen molar-refractivity contribution in [2.24, 2.45) is 5.41 Å². The standard InChI is InChI=1S/C21H36N2O4Si/c1-21(2,3)12-18(19(24)25)22-13-17(15-28(4,5)6)23-20(26)27-14-16-10-8-7-9-11-16/h7-11,17-18,22H,12-15H2,1-6H3,(H,23,26)(H,24,25)/t17-,18+/m1/s1. The second-order valence-electron chi connectivity index (χ2n) is 9.73. The lowest BCUT2D eigenvalue weighted by Gasteiger charge is -2.29. The van der Waals surface area contributed by atoms with E-state index < -0.39 is 26.2 Å². The fourth-order valence-corrected chi connectivity index (χ4v) is 4.71. The Morgan fingerprint density at radius 1 is 1.14 bits per heavy atom. The van der Waals surface area contributed by atoms with Gasteiger partial charge >= 0.3 is 12.1 Å². The maximum Gasteiger partial charge on any atom is 0.407 e. The first-order valence-electron chi connectivity index (χ1n) is 9.79. The molecule has 7 heteroatoms.